The Morgan fingerprint density at radius 3 is 2.59 bits per heavy atom. The SMILES string of the molecule is CCOC(=O)[C@](O)(c1cccnc1)C(F)(F)F. The Bertz CT molecular complexity index is 394. The highest BCUT2D eigenvalue weighted by atomic mass is 19.4. The molecule has 7 heteroatoms. The number of nitrogens with zero attached hydrogens (tertiary/aromatic N) is 1. The lowest BCUT2D eigenvalue weighted by molar-refractivity contribution is -0.268. The van der Waals surface area contributed by atoms with Gasteiger partial charge in [0.25, 0.3) is 5.60 Å². The van der Waals surface area contributed by atoms with Crippen LogP contribution < -0.4 is 0 Å². The van der Waals surface area contributed by atoms with Gasteiger partial charge in [-0.2, -0.15) is 13.2 Å². The maximum atomic E-state index is 12.8. The average molecular weight is 249 g/mol. The molecule has 0 spiro atoms. The van der Waals surface area contributed by atoms with E-state index in [1.54, 1.807) is 0 Å². The molecule has 1 aromatic heterocycles. The molecule has 0 aromatic carbocycles. The molecule has 4 nitrogen and oxygen atoms in total. The lowest BCUT2D eigenvalue weighted by Crippen LogP contribution is -2.50. The molecule has 0 aliphatic heterocycles. The van der Waals surface area contributed by atoms with Crippen LogP contribution in [0.3, 0.4) is 0 Å². The van der Waals surface area contributed by atoms with Crippen LogP contribution in [-0.4, -0.2) is 28.8 Å². The molecule has 0 saturated carbocycles. The number of esters is 1. The Kier molecular flexibility index (Phi) is 3.72. The van der Waals surface area contributed by atoms with Crippen LogP contribution in [0, 0.1) is 0 Å². The highest BCUT2D eigenvalue weighted by Crippen LogP contribution is 2.39. The monoisotopic (exact) mass is 249 g/mol. The summed E-state index contributed by atoms with van der Waals surface area (Å²) in [6.07, 6.45) is -3.18. The van der Waals surface area contributed by atoms with Gasteiger partial charge in [0.1, 0.15) is 0 Å². The molecule has 1 atom stereocenters. The van der Waals surface area contributed by atoms with E-state index in [0.29, 0.717) is 0 Å². The first-order chi connectivity index (χ1) is 7.84. The van der Waals surface area contributed by atoms with Crippen molar-refractivity contribution in [1.82, 2.24) is 4.98 Å². The first-order valence-corrected chi connectivity index (χ1v) is 4.70. The number of halogens is 3. The van der Waals surface area contributed by atoms with Crippen molar-refractivity contribution >= 4 is 5.97 Å². The van der Waals surface area contributed by atoms with Crippen molar-refractivity contribution in [3.8, 4) is 0 Å². The van der Waals surface area contributed by atoms with E-state index in [2.05, 4.69) is 9.72 Å². The van der Waals surface area contributed by atoms with Crippen LogP contribution in [-0.2, 0) is 15.1 Å². The third-order valence-corrected chi connectivity index (χ3v) is 2.06. The smallest absolute Gasteiger partial charge is 0.432 e. The minimum atomic E-state index is -5.18. The number of pyridine rings is 1. The maximum absolute atomic E-state index is 12.8. The van der Waals surface area contributed by atoms with Crippen LogP contribution in [0.15, 0.2) is 24.5 Å². The summed E-state index contributed by atoms with van der Waals surface area (Å²) >= 11 is 0. The van der Waals surface area contributed by atoms with Gasteiger partial charge in [-0.05, 0) is 13.0 Å². The Balaban J connectivity index is 3.26. The van der Waals surface area contributed by atoms with E-state index in [-0.39, 0.29) is 6.61 Å². The molecule has 0 aliphatic carbocycles. The largest absolute Gasteiger partial charge is 0.463 e. The summed E-state index contributed by atoms with van der Waals surface area (Å²) in [6.45, 7) is 1.08. The number of carbonyl (C=O) groups is 1. The van der Waals surface area contributed by atoms with Crippen molar-refractivity contribution in [3.63, 3.8) is 0 Å². The number of hydrogen-bond acceptors (Lipinski definition) is 4. The molecule has 1 N–H and O–H groups in total. The summed E-state index contributed by atoms with van der Waals surface area (Å²) in [5.74, 6) is -1.76. The summed E-state index contributed by atoms with van der Waals surface area (Å²) in [5, 5.41) is 9.58. The first kappa shape index (κ1) is 13.4. The number of ether oxygens (including phenoxy) is 1. The number of alkyl halides is 3. The van der Waals surface area contributed by atoms with Crippen LogP contribution >= 0.6 is 0 Å². The molecular formula is C10H10F3NO3. The van der Waals surface area contributed by atoms with Gasteiger partial charge in [0, 0.05) is 18.0 Å². The van der Waals surface area contributed by atoms with Crippen molar-refractivity contribution in [1.29, 1.82) is 0 Å². The minimum Gasteiger partial charge on any atom is -0.463 e. The predicted octanol–water partition coefficient (Wildman–Crippen LogP) is 1.39. The molecule has 0 unspecified atom stereocenters. The van der Waals surface area contributed by atoms with Gasteiger partial charge in [-0.1, -0.05) is 6.07 Å². The highest BCUT2D eigenvalue weighted by Gasteiger charge is 2.62. The number of hydrogen-bond donors (Lipinski definition) is 1. The van der Waals surface area contributed by atoms with E-state index in [0.717, 1.165) is 12.3 Å². The molecular weight excluding hydrogens is 239 g/mol. The van der Waals surface area contributed by atoms with E-state index in [4.69, 9.17) is 0 Å². The number of aromatic nitrogens is 1. The van der Waals surface area contributed by atoms with Crippen LogP contribution in [0.2, 0.25) is 0 Å². The topological polar surface area (TPSA) is 59.4 Å². The summed E-state index contributed by atoms with van der Waals surface area (Å²) in [5.41, 5.74) is -4.36. The fourth-order valence-corrected chi connectivity index (χ4v) is 1.21. The second-order valence-electron chi connectivity index (χ2n) is 3.17. The van der Waals surface area contributed by atoms with Crippen LogP contribution in [0.25, 0.3) is 0 Å². The first-order valence-electron chi connectivity index (χ1n) is 4.70. The van der Waals surface area contributed by atoms with Crippen molar-refractivity contribution in [2.75, 3.05) is 6.61 Å². The Labute approximate surface area is 95.0 Å². The second kappa shape index (κ2) is 4.70. The van der Waals surface area contributed by atoms with E-state index in [9.17, 15) is 23.1 Å². The number of carbonyl (C=O) groups excluding carboxylic acids is 1. The molecule has 0 saturated heterocycles. The van der Waals surface area contributed by atoms with Gasteiger partial charge in [0.05, 0.1) is 6.61 Å². The second-order valence-corrected chi connectivity index (χ2v) is 3.17. The summed E-state index contributed by atoms with van der Waals surface area (Å²) in [7, 11) is 0. The van der Waals surface area contributed by atoms with Crippen molar-refractivity contribution < 1.29 is 27.8 Å². The molecule has 94 valence electrons. The molecule has 17 heavy (non-hydrogen) atoms. The van der Waals surface area contributed by atoms with Gasteiger partial charge in [-0.3, -0.25) is 4.98 Å². The molecule has 1 heterocycles. The predicted molar refractivity (Wildman–Crippen MR) is 50.8 cm³/mol. The maximum Gasteiger partial charge on any atom is 0.432 e. The van der Waals surface area contributed by atoms with E-state index >= 15 is 0 Å². The van der Waals surface area contributed by atoms with Gasteiger partial charge in [-0.15, -0.1) is 0 Å². The van der Waals surface area contributed by atoms with E-state index in [1.807, 2.05) is 0 Å². The van der Waals surface area contributed by atoms with Crippen molar-refractivity contribution in [2.45, 2.75) is 18.7 Å². The highest BCUT2D eigenvalue weighted by molar-refractivity contribution is 5.82. The third kappa shape index (κ3) is 2.38. The Morgan fingerprint density at radius 1 is 1.53 bits per heavy atom. The third-order valence-electron chi connectivity index (χ3n) is 2.06. The fourth-order valence-electron chi connectivity index (χ4n) is 1.21. The van der Waals surface area contributed by atoms with Crippen molar-refractivity contribution in [2.24, 2.45) is 0 Å². The normalized spacial score (nSPS) is 15.1. The molecule has 0 fully saturated rings. The van der Waals surface area contributed by atoms with Gasteiger partial charge < -0.3 is 9.84 Å². The van der Waals surface area contributed by atoms with E-state index < -0.39 is 23.3 Å². The van der Waals surface area contributed by atoms with Crippen LogP contribution in [0.5, 0.6) is 0 Å². The molecule has 0 aliphatic rings. The minimum absolute atomic E-state index is 0.266. The fraction of sp³-hybridized carbons (Fsp3) is 0.400. The number of aliphatic hydroxyl groups is 1. The van der Waals surface area contributed by atoms with Gasteiger partial charge >= 0.3 is 12.1 Å². The zero-order valence-electron chi connectivity index (χ0n) is 8.86. The van der Waals surface area contributed by atoms with Gasteiger partial charge in [0.15, 0.2) is 0 Å². The Hall–Kier alpha value is -1.63. The van der Waals surface area contributed by atoms with Crippen LogP contribution in [0.1, 0.15) is 12.5 Å². The zero-order valence-corrected chi connectivity index (χ0v) is 8.86. The molecule has 0 radical (unpaired) electrons. The number of rotatable bonds is 3. The lowest BCUT2D eigenvalue weighted by atomic mass is 9.95. The average Bonchev–Trinajstić information content (AvgIpc) is 2.28. The van der Waals surface area contributed by atoms with Gasteiger partial charge in [0.2, 0.25) is 0 Å². The zero-order chi connectivity index (χ0) is 13.1. The standard InChI is InChI=1S/C10H10F3NO3/c1-2-17-8(15)9(16,10(11,12)13)7-4-3-5-14-6-7/h3-6,16H,2H2,1H3/t9-/m1/s1. The summed E-state index contributed by atoms with van der Waals surface area (Å²) in [4.78, 5) is 14.7. The summed E-state index contributed by atoms with van der Waals surface area (Å²) < 4.78 is 42.6. The summed E-state index contributed by atoms with van der Waals surface area (Å²) in [6, 6.07) is 2.14. The van der Waals surface area contributed by atoms with Gasteiger partial charge in [-0.25, -0.2) is 4.79 Å². The van der Waals surface area contributed by atoms with E-state index in [1.165, 1.54) is 19.2 Å². The molecule has 1 rings (SSSR count). The lowest BCUT2D eigenvalue weighted by Gasteiger charge is -2.27. The quantitative estimate of drug-likeness (QED) is 0.822. The van der Waals surface area contributed by atoms with Crippen LogP contribution in [0.4, 0.5) is 13.2 Å². The Morgan fingerprint density at radius 2 is 2.18 bits per heavy atom. The molecule has 1 aromatic rings. The van der Waals surface area contributed by atoms with Crippen molar-refractivity contribution in [3.05, 3.63) is 30.1 Å². The molecule has 0 amide bonds. The molecule has 0 bridgehead atoms.